The van der Waals surface area contributed by atoms with E-state index in [1.807, 2.05) is 43.3 Å². The van der Waals surface area contributed by atoms with Crippen LogP contribution in [0.15, 0.2) is 66.2 Å². The number of nitrogens with zero attached hydrogens (tertiary/aromatic N) is 1. The number of benzene rings is 2. The van der Waals surface area contributed by atoms with Crippen molar-refractivity contribution in [3.05, 3.63) is 77.4 Å². The zero-order valence-electron chi connectivity index (χ0n) is 15.7. The van der Waals surface area contributed by atoms with Gasteiger partial charge < -0.3 is 5.32 Å². The number of fused-ring (bicyclic) bond motifs is 1. The molecule has 1 saturated heterocycles. The molecule has 1 aliphatic heterocycles. The normalized spacial score (nSPS) is 21.3. The van der Waals surface area contributed by atoms with Crippen molar-refractivity contribution < 1.29 is 14.4 Å². The Morgan fingerprint density at radius 1 is 1.04 bits per heavy atom. The molecule has 0 aromatic heterocycles. The molecule has 142 valence electrons. The number of hydrogen-bond donors (Lipinski definition) is 1. The van der Waals surface area contributed by atoms with Crippen LogP contribution in [-0.2, 0) is 16.1 Å². The number of carbonyl (C=O) groups excluding carboxylic acids is 3. The van der Waals surface area contributed by atoms with Gasteiger partial charge >= 0.3 is 0 Å². The SMILES string of the molecule is CC1=CC[C@H]2C(=O)N(c3cccc(C(=O)NCc4ccccc4)c3)C(=O)[C@@H]2C1. The number of hydrogen-bond acceptors (Lipinski definition) is 3. The second-order valence-electron chi connectivity index (χ2n) is 7.43. The smallest absolute Gasteiger partial charge is 0.251 e. The summed E-state index contributed by atoms with van der Waals surface area (Å²) in [4.78, 5) is 39.5. The molecule has 1 aliphatic carbocycles. The molecule has 3 amide bonds. The summed E-state index contributed by atoms with van der Waals surface area (Å²) in [6, 6.07) is 16.4. The lowest BCUT2D eigenvalue weighted by molar-refractivity contribution is -0.122. The van der Waals surface area contributed by atoms with Gasteiger partial charge in [0.2, 0.25) is 11.8 Å². The van der Waals surface area contributed by atoms with E-state index >= 15 is 0 Å². The molecular formula is C23H22N2O3. The van der Waals surface area contributed by atoms with Gasteiger partial charge in [-0.3, -0.25) is 19.3 Å². The minimum Gasteiger partial charge on any atom is -0.348 e. The third kappa shape index (κ3) is 3.36. The van der Waals surface area contributed by atoms with E-state index in [2.05, 4.69) is 5.32 Å². The highest BCUT2D eigenvalue weighted by Crippen LogP contribution is 2.39. The van der Waals surface area contributed by atoms with E-state index in [4.69, 9.17) is 0 Å². The van der Waals surface area contributed by atoms with Gasteiger partial charge in [-0.2, -0.15) is 0 Å². The molecule has 2 aromatic carbocycles. The van der Waals surface area contributed by atoms with Crippen LogP contribution in [0.1, 0.15) is 35.7 Å². The fourth-order valence-electron chi connectivity index (χ4n) is 3.96. The Bertz CT molecular complexity index is 965. The summed E-state index contributed by atoms with van der Waals surface area (Å²) in [5.41, 5.74) is 3.05. The monoisotopic (exact) mass is 374 g/mol. The van der Waals surface area contributed by atoms with Crippen molar-refractivity contribution in [3.63, 3.8) is 0 Å². The van der Waals surface area contributed by atoms with Crippen molar-refractivity contribution in [1.29, 1.82) is 0 Å². The summed E-state index contributed by atoms with van der Waals surface area (Å²) in [7, 11) is 0. The number of imide groups is 1. The number of amides is 3. The van der Waals surface area contributed by atoms with E-state index < -0.39 is 0 Å². The van der Waals surface area contributed by atoms with Crippen LogP contribution >= 0.6 is 0 Å². The second-order valence-corrected chi connectivity index (χ2v) is 7.43. The number of allylic oxidation sites excluding steroid dienone is 2. The molecule has 0 radical (unpaired) electrons. The summed E-state index contributed by atoms with van der Waals surface area (Å²) >= 11 is 0. The molecule has 0 saturated carbocycles. The Morgan fingerprint density at radius 2 is 1.79 bits per heavy atom. The van der Waals surface area contributed by atoms with Crippen molar-refractivity contribution in [2.75, 3.05) is 4.90 Å². The number of anilines is 1. The van der Waals surface area contributed by atoms with Crippen LogP contribution < -0.4 is 10.2 Å². The van der Waals surface area contributed by atoms with Crippen molar-refractivity contribution in [3.8, 4) is 0 Å². The molecular weight excluding hydrogens is 352 g/mol. The van der Waals surface area contributed by atoms with Crippen molar-refractivity contribution in [2.24, 2.45) is 11.8 Å². The third-order valence-electron chi connectivity index (χ3n) is 5.49. The van der Waals surface area contributed by atoms with E-state index in [1.165, 1.54) is 4.90 Å². The maximum Gasteiger partial charge on any atom is 0.251 e. The minimum atomic E-state index is -0.285. The topological polar surface area (TPSA) is 66.5 Å². The van der Waals surface area contributed by atoms with Crippen molar-refractivity contribution in [1.82, 2.24) is 5.32 Å². The first-order valence-electron chi connectivity index (χ1n) is 9.50. The number of nitrogens with one attached hydrogen (secondary N) is 1. The van der Waals surface area contributed by atoms with Gasteiger partial charge in [-0.1, -0.05) is 48.0 Å². The average Bonchev–Trinajstić information content (AvgIpc) is 2.96. The highest BCUT2D eigenvalue weighted by atomic mass is 16.2. The number of rotatable bonds is 4. The van der Waals surface area contributed by atoms with Gasteiger partial charge in [0.05, 0.1) is 17.5 Å². The fourth-order valence-corrected chi connectivity index (χ4v) is 3.96. The molecule has 0 spiro atoms. The first-order valence-corrected chi connectivity index (χ1v) is 9.50. The standard InChI is InChI=1S/C23H22N2O3/c1-15-10-11-19-20(12-15)23(28)25(22(19)27)18-9-5-8-17(13-18)21(26)24-14-16-6-3-2-4-7-16/h2-10,13,19-20H,11-12,14H2,1H3,(H,24,26)/t19-,20-/m1/s1. The van der Waals surface area contributed by atoms with Crippen LogP contribution in [0, 0.1) is 11.8 Å². The van der Waals surface area contributed by atoms with E-state index in [0.29, 0.717) is 30.6 Å². The van der Waals surface area contributed by atoms with Gasteiger partial charge in [-0.05, 0) is 43.5 Å². The van der Waals surface area contributed by atoms with Crippen molar-refractivity contribution >= 4 is 23.4 Å². The molecule has 5 nitrogen and oxygen atoms in total. The number of carbonyl (C=O) groups is 3. The van der Waals surface area contributed by atoms with Gasteiger partial charge in [0, 0.05) is 12.1 Å². The summed E-state index contributed by atoms with van der Waals surface area (Å²) in [5, 5.41) is 2.88. The molecule has 2 atom stereocenters. The quantitative estimate of drug-likeness (QED) is 0.658. The second kappa shape index (κ2) is 7.43. The van der Waals surface area contributed by atoms with Crippen LogP contribution in [0.4, 0.5) is 5.69 Å². The van der Waals surface area contributed by atoms with Gasteiger partial charge in [0.1, 0.15) is 0 Å². The van der Waals surface area contributed by atoms with Crippen molar-refractivity contribution in [2.45, 2.75) is 26.3 Å². The van der Waals surface area contributed by atoms with Gasteiger partial charge in [0.25, 0.3) is 5.91 Å². The fraction of sp³-hybridized carbons (Fsp3) is 0.261. The van der Waals surface area contributed by atoms with Crippen LogP contribution in [0.3, 0.4) is 0 Å². The maximum absolute atomic E-state index is 12.9. The van der Waals surface area contributed by atoms with E-state index in [1.54, 1.807) is 24.3 Å². The Labute approximate surface area is 164 Å². The molecule has 4 rings (SSSR count). The molecule has 2 aliphatic rings. The summed E-state index contributed by atoms with van der Waals surface area (Å²) in [5.74, 6) is -1.13. The van der Waals surface area contributed by atoms with Crippen LogP contribution in [0.5, 0.6) is 0 Å². The Morgan fingerprint density at radius 3 is 2.57 bits per heavy atom. The highest BCUT2D eigenvalue weighted by Gasteiger charge is 2.48. The highest BCUT2D eigenvalue weighted by molar-refractivity contribution is 6.22. The molecule has 28 heavy (non-hydrogen) atoms. The zero-order chi connectivity index (χ0) is 19.7. The van der Waals surface area contributed by atoms with E-state index in [-0.39, 0.29) is 29.6 Å². The molecule has 1 heterocycles. The first-order chi connectivity index (χ1) is 13.5. The van der Waals surface area contributed by atoms with Gasteiger partial charge in [-0.15, -0.1) is 0 Å². The Kier molecular flexibility index (Phi) is 4.82. The van der Waals surface area contributed by atoms with Crippen LogP contribution in [0.2, 0.25) is 0 Å². The average molecular weight is 374 g/mol. The third-order valence-corrected chi connectivity index (χ3v) is 5.49. The Hall–Kier alpha value is -3.21. The van der Waals surface area contributed by atoms with E-state index in [0.717, 1.165) is 11.1 Å². The molecule has 1 fully saturated rings. The molecule has 0 bridgehead atoms. The lowest BCUT2D eigenvalue weighted by atomic mass is 9.82. The van der Waals surface area contributed by atoms with Crippen LogP contribution in [-0.4, -0.2) is 17.7 Å². The summed E-state index contributed by atoms with van der Waals surface area (Å²) in [6.07, 6.45) is 3.28. The van der Waals surface area contributed by atoms with Crippen LogP contribution in [0.25, 0.3) is 0 Å². The lowest BCUT2D eigenvalue weighted by Crippen LogP contribution is -2.31. The zero-order valence-corrected chi connectivity index (χ0v) is 15.7. The predicted octanol–water partition coefficient (Wildman–Crippen LogP) is 3.46. The van der Waals surface area contributed by atoms with E-state index in [9.17, 15) is 14.4 Å². The maximum atomic E-state index is 12.9. The lowest BCUT2D eigenvalue weighted by Gasteiger charge is -2.18. The first kappa shape index (κ1) is 18.2. The molecule has 0 unspecified atom stereocenters. The Balaban J connectivity index is 1.52. The van der Waals surface area contributed by atoms with Gasteiger partial charge in [-0.25, -0.2) is 0 Å². The van der Waals surface area contributed by atoms with Gasteiger partial charge in [0.15, 0.2) is 0 Å². The molecule has 5 heteroatoms. The summed E-state index contributed by atoms with van der Waals surface area (Å²) in [6.45, 7) is 2.41. The predicted molar refractivity (Wildman–Crippen MR) is 107 cm³/mol. The molecule has 2 aromatic rings. The summed E-state index contributed by atoms with van der Waals surface area (Å²) < 4.78 is 0. The minimum absolute atomic E-state index is 0.163. The molecule has 1 N–H and O–H groups in total. The largest absolute Gasteiger partial charge is 0.348 e.